The lowest BCUT2D eigenvalue weighted by Crippen LogP contribution is -2.28. The van der Waals surface area contributed by atoms with Crippen molar-refractivity contribution in [1.29, 1.82) is 0 Å². The predicted molar refractivity (Wildman–Crippen MR) is 91.4 cm³/mol. The first-order valence-electron chi connectivity index (χ1n) is 7.16. The van der Waals surface area contributed by atoms with Crippen molar-refractivity contribution >= 4 is 46.0 Å². The van der Waals surface area contributed by atoms with Gasteiger partial charge in [-0.2, -0.15) is 0 Å². The topological polar surface area (TPSA) is 70.6 Å². The molecular weight excluding hydrogens is 322 g/mol. The molecular formula is C15H18ClN3O2S. The maximum atomic E-state index is 12.0. The average Bonchev–Trinajstić information content (AvgIpc) is 2.82. The van der Waals surface area contributed by atoms with Crippen LogP contribution in [0.2, 0.25) is 5.02 Å². The van der Waals surface area contributed by atoms with E-state index in [2.05, 4.69) is 22.5 Å². The van der Waals surface area contributed by atoms with E-state index in [-0.39, 0.29) is 18.2 Å². The van der Waals surface area contributed by atoms with Gasteiger partial charge in [0.2, 0.25) is 11.8 Å². The van der Waals surface area contributed by atoms with Crippen molar-refractivity contribution in [3.63, 3.8) is 0 Å². The molecule has 0 radical (unpaired) electrons. The number of amides is 2. The summed E-state index contributed by atoms with van der Waals surface area (Å²) >= 11 is 7.30. The van der Waals surface area contributed by atoms with Crippen LogP contribution >= 0.6 is 23.4 Å². The first-order valence-corrected chi connectivity index (χ1v) is 8.42. The summed E-state index contributed by atoms with van der Waals surface area (Å²) < 4.78 is 0. The zero-order valence-corrected chi connectivity index (χ0v) is 13.8. The average molecular weight is 340 g/mol. The smallest absolute Gasteiger partial charge is 0.240 e. The van der Waals surface area contributed by atoms with Crippen LogP contribution in [0.25, 0.3) is 0 Å². The number of carbonyl (C=O) groups excluding carboxylic acids is 2. The monoisotopic (exact) mass is 339 g/mol. The van der Waals surface area contributed by atoms with E-state index >= 15 is 0 Å². The van der Waals surface area contributed by atoms with Crippen LogP contribution in [-0.2, 0) is 9.59 Å². The fourth-order valence-electron chi connectivity index (χ4n) is 1.89. The molecule has 0 spiro atoms. The largest absolute Gasteiger partial charge is 0.325 e. The number of rotatable bonds is 6. The van der Waals surface area contributed by atoms with Crippen LogP contribution in [0, 0.1) is 0 Å². The van der Waals surface area contributed by atoms with Crippen molar-refractivity contribution in [2.45, 2.75) is 31.4 Å². The second-order valence-electron chi connectivity index (χ2n) is 4.87. The number of benzene rings is 1. The molecule has 1 aromatic carbocycles. The third-order valence-electron chi connectivity index (χ3n) is 3.06. The summed E-state index contributed by atoms with van der Waals surface area (Å²) in [6.07, 6.45) is 2.13. The molecule has 2 rings (SSSR count). The van der Waals surface area contributed by atoms with Crippen molar-refractivity contribution in [2.75, 3.05) is 11.9 Å². The summed E-state index contributed by atoms with van der Waals surface area (Å²) in [5.41, 5.74) is 0.550. The lowest BCUT2D eigenvalue weighted by Gasteiger charge is -2.08. The van der Waals surface area contributed by atoms with Gasteiger partial charge in [0.15, 0.2) is 5.17 Å². The van der Waals surface area contributed by atoms with Crippen LogP contribution in [0.1, 0.15) is 26.2 Å². The minimum atomic E-state index is -0.442. The number of nitrogens with one attached hydrogen (secondary N) is 2. The Morgan fingerprint density at radius 2 is 2.23 bits per heavy atom. The highest BCUT2D eigenvalue weighted by molar-refractivity contribution is 8.15. The molecule has 1 aliphatic rings. The third-order valence-corrected chi connectivity index (χ3v) is 4.51. The summed E-state index contributed by atoms with van der Waals surface area (Å²) in [6.45, 7) is 2.78. The second kappa shape index (κ2) is 8.19. The van der Waals surface area contributed by atoms with Crippen molar-refractivity contribution in [3.05, 3.63) is 29.3 Å². The minimum absolute atomic E-state index is 0.0918. The van der Waals surface area contributed by atoms with Gasteiger partial charge in [0.25, 0.3) is 0 Å². The number of nitrogens with zero attached hydrogens (tertiary/aromatic N) is 1. The normalized spacial score (nSPS) is 19.3. The van der Waals surface area contributed by atoms with Gasteiger partial charge < -0.3 is 10.6 Å². The molecule has 1 aliphatic heterocycles. The maximum Gasteiger partial charge on any atom is 0.240 e. The lowest BCUT2D eigenvalue weighted by molar-refractivity contribution is -0.122. The molecule has 1 fully saturated rings. The molecule has 0 aromatic heterocycles. The van der Waals surface area contributed by atoms with Crippen LogP contribution in [-0.4, -0.2) is 28.8 Å². The Hall–Kier alpha value is -1.53. The first-order chi connectivity index (χ1) is 10.6. The zero-order chi connectivity index (χ0) is 15.9. The third kappa shape index (κ3) is 4.74. The fraction of sp³-hybridized carbons (Fsp3) is 0.400. The Balaban J connectivity index is 1.88. The quantitative estimate of drug-likeness (QED) is 0.782. The summed E-state index contributed by atoms with van der Waals surface area (Å²) in [5, 5.41) is 6.07. The molecule has 7 heteroatoms. The summed E-state index contributed by atoms with van der Waals surface area (Å²) in [7, 11) is 0. The van der Waals surface area contributed by atoms with Crippen molar-refractivity contribution in [1.82, 2.24) is 5.32 Å². The first kappa shape index (κ1) is 16.8. The maximum absolute atomic E-state index is 12.0. The predicted octanol–water partition coefficient (Wildman–Crippen LogP) is 3.06. The molecule has 22 heavy (non-hydrogen) atoms. The van der Waals surface area contributed by atoms with Gasteiger partial charge in [0, 0.05) is 13.0 Å². The van der Waals surface area contributed by atoms with Gasteiger partial charge in [-0.1, -0.05) is 48.8 Å². The molecule has 2 amide bonds. The van der Waals surface area contributed by atoms with E-state index in [1.54, 1.807) is 24.3 Å². The van der Waals surface area contributed by atoms with Crippen molar-refractivity contribution in [3.8, 4) is 0 Å². The molecule has 5 nitrogen and oxygen atoms in total. The number of hydrogen-bond donors (Lipinski definition) is 2. The number of thioether (sulfide) groups is 1. The van der Waals surface area contributed by atoms with E-state index < -0.39 is 5.25 Å². The number of unbranched alkanes of at least 4 members (excludes halogenated alkanes) is 1. The van der Waals surface area contributed by atoms with Gasteiger partial charge in [-0.15, -0.1) is 0 Å². The minimum Gasteiger partial charge on any atom is -0.325 e. The molecule has 118 valence electrons. The molecule has 1 heterocycles. The van der Waals surface area contributed by atoms with E-state index in [0.29, 0.717) is 22.4 Å². The number of anilines is 1. The number of halogens is 1. The highest BCUT2D eigenvalue weighted by Gasteiger charge is 2.31. The van der Waals surface area contributed by atoms with Gasteiger partial charge in [0.05, 0.1) is 10.7 Å². The molecule has 1 aromatic rings. The highest BCUT2D eigenvalue weighted by atomic mass is 35.5. The highest BCUT2D eigenvalue weighted by Crippen LogP contribution is 2.25. The second-order valence-corrected chi connectivity index (χ2v) is 6.47. The number of carbonyl (C=O) groups is 2. The van der Waals surface area contributed by atoms with E-state index in [1.807, 2.05) is 0 Å². The van der Waals surface area contributed by atoms with Crippen LogP contribution in [0.15, 0.2) is 29.3 Å². The molecule has 0 bridgehead atoms. The molecule has 1 atom stereocenters. The molecule has 0 aliphatic carbocycles. The molecule has 2 N–H and O–H groups in total. The summed E-state index contributed by atoms with van der Waals surface area (Å²) in [4.78, 5) is 28.2. The van der Waals surface area contributed by atoms with Crippen molar-refractivity contribution in [2.24, 2.45) is 4.99 Å². The lowest BCUT2D eigenvalue weighted by atomic mass is 10.2. The number of para-hydroxylation sites is 1. The molecule has 1 saturated heterocycles. The van der Waals surface area contributed by atoms with Crippen LogP contribution in [0.5, 0.6) is 0 Å². The summed E-state index contributed by atoms with van der Waals surface area (Å²) in [5.74, 6) is -0.412. The Morgan fingerprint density at radius 1 is 1.45 bits per heavy atom. The SMILES string of the molecule is CCCCN=C1NC(=O)C(CC(=O)Nc2ccccc2Cl)S1. The summed E-state index contributed by atoms with van der Waals surface area (Å²) in [6, 6.07) is 7.00. The standard InChI is InChI=1S/C15H18ClN3O2S/c1-2-3-8-17-15-19-14(21)12(22-15)9-13(20)18-11-7-5-4-6-10(11)16/h4-7,12H,2-3,8-9H2,1H3,(H,18,20)(H,17,19,21). The Bertz CT molecular complexity index is 592. The fourth-order valence-corrected chi connectivity index (χ4v) is 3.06. The number of aliphatic imine (C=N–C) groups is 1. The van der Waals surface area contributed by atoms with Crippen molar-refractivity contribution < 1.29 is 9.59 Å². The van der Waals surface area contributed by atoms with Crippen LogP contribution in [0.4, 0.5) is 5.69 Å². The van der Waals surface area contributed by atoms with Crippen LogP contribution < -0.4 is 10.6 Å². The number of amidine groups is 1. The van der Waals surface area contributed by atoms with Gasteiger partial charge >= 0.3 is 0 Å². The molecule has 1 unspecified atom stereocenters. The number of hydrogen-bond acceptors (Lipinski definition) is 4. The Morgan fingerprint density at radius 3 is 2.95 bits per heavy atom. The van der Waals surface area contributed by atoms with E-state index in [0.717, 1.165) is 12.8 Å². The van der Waals surface area contributed by atoms with Gasteiger partial charge in [0.1, 0.15) is 5.25 Å². The van der Waals surface area contributed by atoms with E-state index in [4.69, 9.17) is 11.6 Å². The zero-order valence-electron chi connectivity index (χ0n) is 12.3. The van der Waals surface area contributed by atoms with E-state index in [9.17, 15) is 9.59 Å². The van der Waals surface area contributed by atoms with E-state index in [1.165, 1.54) is 11.8 Å². The van der Waals surface area contributed by atoms with Gasteiger partial charge in [-0.25, -0.2) is 0 Å². The van der Waals surface area contributed by atoms with Gasteiger partial charge in [-0.3, -0.25) is 14.6 Å². The van der Waals surface area contributed by atoms with Crippen LogP contribution in [0.3, 0.4) is 0 Å². The Labute approximate surface area is 138 Å². The Kier molecular flexibility index (Phi) is 6.27. The molecule has 0 saturated carbocycles. The van der Waals surface area contributed by atoms with Gasteiger partial charge in [-0.05, 0) is 18.6 Å².